The Labute approximate surface area is 218 Å². The Balaban J connectivity index is 1.36. The second kappa shape index (κ2) is 13.8. The minimum absolute atomic E-state index is 0.0513. The third kappa shape index (κ3) is 8.79. The van der Waals surface area contributed by atoms with Crippen molar-refractivity contribution in [3.63, 3.8) is 0 Å². The van der Waals surface area contributed by atoms with Gasteiger partial charge in [-0.05, 0) is 79.3 Å². The fourth-order valence-electron chi connectivity index (χ4n) is 3.83. The van der Waals surface area contributed by atoms with Crippen LogP contribution in [0.2, 0.25) is 0 Å². The van der Waals surface area contributed by atoms with Gasteiger partial charge in [0.2, 0.25) is 5.91 Å². The summed E-state index contributed by atoms with van der Waals surface area (Å²) in [7, 11) is 0. The largest absolute Gasteiger partial charge is 0.457 e. The molecule has 0 saturated carbocycles. The van der Waals surface area contributed by atoms with Crippen molar-refractivity contribution in [1.29, 1.82) is 0 Å². The maximum atomic E-state index is 12.3. The average molecular weight is 503 g/mol. The van der Waals surface area contributed by atoms with Crippen LogP contribution in [0.25, 0.3) is 0 Å². The van der Waals surface area contributed by atoms with Crippen LogP contribution in [0, 0.1) is 6.92 Å². The number of hydrogen-bond donors (Lipinski definition) is 2. The summed E-state index contributed by atoms with van der Waals surface area (Å²) >= 11 is 0. The second-order valence-corrected chi connectivity index (χ2v) is 8.71. The number of anilines is 2. The van der Waals surface area contributed by atoms with Crippen LogP contribution in [0.15, 0.2) is 66.7 Å². The number of para-hydroxylation sites is 1. The van der Waals surface area contributed by atoms with E-state index in [0.717, 1.165) is 41.0 Å². The number of carbonyl (C=O) groups is 3. The Morgan fingerprint density at radius 2 is 1.43 bits per heavy atom. The lowest BCUT2D eigenvalue weighted by Crippen LogP contribution is -2.22. The number of amides is 2. The first-order valence-electron chi connectivity index (χ1n) is 12.6. The second-order valence-electron chi connectivity index (χ2n) is 8.71. The summed E-state index contributed by atoms with van der Waals surface area (Å²) in [6.07, 6.45) is 2.11. The third-order valence-corrected chi connectivity index (χ3v) is 5.78. The molecule has 0 aromatic heterocycles. The van der Waals surface area contributed by atoms with Gasteiger partial charge < -0.3 is 20.1 Å². The molecule has 0 radical (unpaired) electrons. The minimum Gasteiger partial charge on any atom is -0.457 e. The van der Waals surface area contributed by atoms with Gasteiger partial charge in [-0.3, -0.25) is 14.4 Å². The Morgan fingerprint density at radius 3 is 2.08 bits per heavy atom. The minimum atomic E-state index is -0.514. The van der Waals surface area contributed by atoms with Gasteiger partial charge in [-0.2, -0.15) is 0 Å². The van der Waals surface area contributed by atoms with Gasteiger partial charge in [0.05, 0.1) is 0 Å². The molecule has 7 nitrogen and oxygen atoms in total. The Bertz CT molecular complexity index is 1200. The van der Waals surface area contributed by atoms with E-state index in [1.807, 2.05) is 63.2 Å². The summed E-state index contributed by atoms with van der Waals surface area (Å²) < 4.78 is 10.9. The van der Waals surface area contributed by atoms with Crippen molar-refractivity contribution in [3.8, 4) is 11.5 Å². The van der Waals surface area contributed by atoms with E-state index in [0.29, 0.717) is 17.9 Å². The first-order valence-corrected chi connectivity index (χ1v) is 12.6. The first kappa shape index (κ1) is 27.5. The van der Waals surface area contributed by atoms with Gasteiger partial charge in [-0.15, -0.1) is 0 Å². The predicted molar refractivity (Wildman–Crippen MR) is 145 cm³/mol. The molecular formula is C30H34N2O5. The van der Waals surface area contributed by atoms with Crippen molar-refractivity contribution < 1.29 is 23.9 Å². The lowest BCUT2D eigenvalue weighted by molar-refractivity contribution is -0.147. The smallest absolute Gasteiger partial charge is 0.306 e. The molecule has 0 unspecified atom stereocenters. The van der Waals surface area contributed by atoms with Crippen molar-refractivity contribution in [2.45, 2.75) is 52.9 Å². The lowest BCUT2D eigenvalue weighted by atomic mass is 10.0. The van der Waals surface area contributed by atoms with E-state index in [2.05, 4.69) is 10.6 Å². The maximum Gasteiger partial charge on any atom is 0.306 e. The zero-order valence-corrected chi connectivity index (χ0v) is 21.6. The zero-order valence-electron chi connectivity index (χ0n) is 21.6. The van der Waals surface area contributed by atoms with E-state index in [-0.39, 0.29) is 31.3 Å². The van der Waals surface area contributed by atoms with E-state index >= 15 is 0 Å². The summed E-state index contributed by atoms with van der Waals surface area (Å²) in [5, 5.41) is 5.67. The molecule has 0 heterocycles. The zero-order chi connectivity index (χ0) is 26.6. The molecule has 3 aromatic carbocycles. The number of esters is 1. The monoisotopic (exact) mass is 502 g/mol. The van der Waals surface area contributed by atoms with E-state index in [4.69, 9.17) is 9.47 Å². The predicted octanol–water partition coefficient (Wildman–Crippen LogP) is 6.20. The molecule has 0 saturated heterocycles. The van der Waals surface area contributed by atoms with Crippen molar-refractivity contribution in [2.24, 2.45) is 0 Å². The van der Waals surface area contributed by atoms with Crippen molar-refractivity contribution in [2.75, 3.05) is 17.2 Å². The molecule has 3 aromatic rings. The topological polar surface area (TPSA) is 93.7 Å². The highest BCUT2D eigenvalue weighted by molar-refractivity contribution is 5.94. The molecule has 0 aliphatic heterocycles. The number of benzene rings is 3. The molecule has 37 heavy (non-hydrogen) atoms. The number of nitrogens with one attached hydrogen (secondary N) is 2. The van der Waals surface area contributed by atoms with E-state index in [9.17, 15) is 14.4 Å². The molecule has 0 spiro atoms. The summed E-state index contributed by atoms with van der Waals surface area (Å²) in [6.45, 7) is 5.69. The molecule has 3 rings (SSSR count). The van der Waals surface area contributed by atoms with Crippen LogP contribution >= 0.6 is 0 Å². The molecule has 2 N–H and O–H groups in total. The van der Waals surface area contributed by atoms with Gasteiger partial charge in [0.15, 0.2) is 6.61 Å². The van der Waals surface area contributed by atoms with Crippen LogP contribution in [0.1, 0.15) is 49.8 Å². The van der Waals surface area contributed by atoms with Crippen molar-refractivity contribution in [3.05, 3.63) is 83.4 Å². The van der Waals surface area contributed by atoms with E-state index in [1.54, 1.807) is 24.3 Å². The molecule has 7 heteroatoms. The van der Waals surface area contributed by atoms with E-state index < -0.39 is 5.97 Å². The van der Waals surface area contributed by atoms with Crippen LogP contribution < -0.4 is 15.4 Å². The van der Waals surface area contributed by atoms with Crippen molar-refractivity contribution >= 4 is 29.2 Å². The normalized spacial score (nSPS) is 10.5. The van der Waals surface area contributed by atoms with Gasteiger partial charge in [0.25, 0.3) is 5.91 Å². The number of ether oxygens (including phenoxy) is 2. The Morgan fingerprint density at radius 1 is 0.757 bits per heavy atom. The quantitative estimate of drug-likeness (QED) is 0.288. The number of carbonyl (C=O) groups excluding carboxylic acids is 3. The van der Waals surface area contributed by atoms with Crippen LogP contribution in [0.3, 0.4) is 0 Å². The molecule has 0 bridgehead atoms. The maximum absolute atomic E-state index is 12.3. The lowest BCUT2D eigenvalue weighted by Gasteiger charge is -2.14. The summed E-state index contributed by atoms with van der Waals surface area (Å²) in [5.41, 5.74) is 4.62. The highest BCUT2D eigenvalue weighted by atomic mass is 16.5. The highest BCUT2D eigenvalue weighted by Gasteiger charge is 2.13. The molecule has 0 aliphatic carbocycles. The number of aryl methyl sites for hydroxylation is 3. The molecular weight excluding hydrogens is 468 g/mol. The van der Waals surface area contributed by atoms with Gasteiger partial charge in [0, 0.05) is 24.2 Å². The average Bonchev–Trinajstić information content (AvgIpc) is 2.89. The van der Waals surface area contributed by atoms with E-state index in [1.165, 1.54) is 0 Å². The molecule has 194 valence electrons. The molecule has 0 atom stereocenters. The van der Waals surface area contributed by atoms with Crippen LogP contribution in [-0.2, 0) is 32.0 Å². The fourth-order valence-corrected chi connectivity index (χ4v) is 3.83. The standard InChI is InChI=1S/C30H34N2O5/c1-4-22-10-7-11-23(5-2)30(22)32-28(34)20-36-29(35)14-8-13-27(33)31-24-15-17-25(18-16-24)37-26-12-6-9-21(3)19-26/h6-7,9-12,15-19H,4-5,8,13-14,20H2,1-3H3,(H,31,33)(H,32,34). The molecule has 2 amide bonds. The van der Waals surface area contributed by atoms with Gasteiger partial charge in [-0.1, -0.05) is 44.2 Å². The number of hydrogen-bond acceptors (Lipinski definition) is 5. The van der Waals surface area contributed by atoms with Crippen LogP contribution in [-0.4, -0.2) is 24.4 Å². The van der Waals surface area contributed by atoms with Gasteiger partial charge in [0.1, 0.15) is 11.5 Å². The Hall–Kier alpha value is -4.13. The summed E-state index contributed by atoms with van der Waals surface area (Å²) in [4.78, 5) is 36.6. The van der Waals surface area contributed by atoms with Crippen LogP contribution in [0.4, 0.5) is 11.4 Å². The molecule has 0 aliphatic rings. The van der Waals surface area contributed by atoms with Crippen molar-refractivity contribution in [1.82, 2.24) is 0 Å². The van der Waals surface area contributed by atoms with Gasteiger partial charge >= 0.3 is 5.97 Å². The summed E-state index contributed by atoms with van der Waals surface area (Å²) in [5.74, 6) is 0.315. The van der Waals surface area contributed by atoms with Crippen LogP contribution in [0.5, 0.6) is 11.5 Å². The third-order valence-electron chi connectivity index (χ3n) is 5.78. The summed E-state index contributed by atoms with van der Waals surface area (Å²) in [6, 6.07) is 20.8. The SMILES string of the molecule is CCc1cccc(CC)c1NC(=O)COC(=O)CCCC(=O)Nc1ccc(Oc2cccc(C)c2)cc1. The van der Waals surface area contributed by atoms with Gasteiger partial charge in [-0.25, -0.2) is 0 Å². The molecule has 0 fully saturated rings. The highest BCUT2D eigenvalue weighted by Crippen LogP contribution is 2.24. The Kier molecular flexibility index (Phi) is 10.3. The fraction of sp³-hybridized carbons (Fsp3) is 0.300. The number of rotatable bonds is 12. The first-order chi connectivity index (χ1) is 17.9.